The molecule has 2 aliphatic heterocycles. The van der Waals surface area contributed by atoms with Crippen LogP contribution in [-0.4, -0.2) is 67.8 Å². The normalized spacial score (nSPS) is 33.8. The number of hydrogen-bond acceptors (Lipinski definition) is 4. The monoisotopic (exact) mass is 283 g/mol. The van der Waals surface area contributed by atoms with Crippen LogP contribution in [0.15, 0.2) is 0 Å². The summed E-state index contributed by atoms with van der Waals surface area (Å²) in [5, 5.41) is 0. The molecule has 0 aromatic carbocycles. The van der Waals surface area contributed by atoms with Crippen molar-refractivity contribution in [2.45, 2.75) is 45.8 Å². The molecule has 0 aromatic heterocycles. The molecule has 4 heteroatoms. The Hall–Kier alpha value is -0.160. The minimum absolute atomic E-state index is 0.387. The van der Waals surface area contributed by atoms with Gasteiger partial charge in [0.05, 0.1) is 12.7 Å². The average Bonchev–Trinajstić information content (AvgIpc) is 2.47. The Bertz CT molecular complexity index is 285. The van der Waals surface area contributed by atoms with E-state index in [0.29, 0.717) is 12.1 Å². The second-order valence-corrected chi connectivity index (χ2v) is 6.79. The van der Waals surface area contributed by atoms with Crippen molar-refractivity contribution in [1.82, 2.24) is 9.80 Å². The van der Waals surface area contributed by atoms with Crippen molar-refractivity contribution in [3.8, 4) is 0 Å². The third-order valence-electron chi connectivity index (χ3n) is 5.16. The van der Waals surface area contributed by atoms with Gasteiger partial charge in [0.25, 0.3) is 0 Å². The first-order chi connectivity index (χ1) is 9.63. The number of nitrogens with two attached hydrogens (primary N) is 1. The molecule has 2 N–H and O–H groups in total. The Morgan fingerprint density at radius 1 is 1.20 bits per heavy atom. The van der Waals surface area contributed by atoms with E-state index in [1.165, 1.54) is 25.9 Å². The second-order valence-electron chi connectivity index (χ2n) is 6.79. The lowest BCUT2D eigenvalue weighted by Crippen LogP contribution is -2.52. The fraction of sp³-hybridized carbons (Fsp3) is 1.00. The summed E-state index contributed by atoms with van der Waals surface area (Å²) in [5.41, 5.74) is 5.90. The van der Waals surface area contributed by atoms with Gasteiger partial charge in [-0.25, -0.2) is 0 Å². The molecule has 0 bridgehead atoms. The molecule has 2 heterocycles. The van der Waals surface area contributed by atoms with E-state index in [9.17, 15) is 0 Å². The molecule has 2 rings (SSSR count). The van der Waals surface area contributed by atoms with Crippen molar-refractivity contribution in [3.05, 3.63) is 0 Å². The SMILES string of the molecule is CCC1CN(CC2CN(C(C)C)CCO2)CCC1CN. The van der Waals surface area contributed by atoms with Gasteiger partial charge in [-0.05, 0) is 45.2 Å². The molecule has 2 aliphatic rings. The van der Waals surface area contributed by atoms with Crippen LogP contribution in [0.25, 0.3) is 0 Å². The second kappa shape index (κ2) is 7.74. The smallest absolute Gasteiger partial charge is 0.0829 e. The van der Waals surface area contributed by atoms with E-state index in [1.807, 2.05) is 0 Å². The van der Waals surface area contributed by atoms with E-state index < -0.39 is 0 Å². The first-order valence-electron chi connectivity index (χ1n) is 8.42. The maximum absolute atomic E-state index is 5.98. The quantitative estimate of drug-likeness (QED) is 0.828. The van der Waals surface area contributed by atoms with Gasteiger partial charge in [0.2, 0.25) is 0 Å². The summed E-state index contributed by atoms with van der Waals surface area (Å²) in [6, 6.07) is 0.632. The van der Waals surface area contributed by atoms with E-state index in [0.717, 1.165) is 44.6 Å². The molecule has 0 saturated carbocycles. The van der Waals surface area contributed by atoms with Gasteiger partial charge in [0.1, 0.15) is 0 Å². The Morgan fingerprint density at radius 2 is 2.00 bits per heavy atom. The van der Waals surface area contributed by atoms with Crippen LogP contribution in [0.1, 0.15) is 33.6 Å². The van der Waals surface area contributed by atoms with E-state index >= 15 is 0 Å². The van der Waals surface area contributed by atoms with Crippen molar-refractivity contribution < 1.29 is 4.74 Å². The highest BCUT2D eigenvalue weighted by Gasteiger charge is 2.30. The molecule has 20 heavy (non-hydrogen) atoms. The van der Waals surface area contributed by atoms with E-state index in [2.05, 4.69) is 30.6 Å². The van der Waals surface area contributed by atoms with Crippen LogP contribution in [0.5, 0.6) is 0 Å². The molecule has 0 spiro atoms. The van der Waals surface area contributed by atoms with E-state index in [1.54, 1.807) is 0 Å². The van der Waals surface area contributed by atoms with Gasteiger partial charge in [-0.2, -0.15) is 0 Å². The topological polar surface area (TPSA) is 41.7 Å². The Balaban J connectivity index is 1.81. The van der Waals surface area contributed by atoms with Gasteiger partial charge in [0, 0.05) is 32.2 Å². The van der Waals surface area contributed by atoms with Gasteiger partial charge in [-0.3, -0.25) is 4.90 Å². The summed E-state index contributed by atoms with van der Waals surface area (Å²) in [6.45, 7) is 14.3. The van der Waals surface area contributed by atoms with Crippen molar-refractivity contribution in [2.24, 2.45) is 17.6 Å². The maximum Gasteiger partial charge on any atom is 0.0829 e. The molecule has 4 nitrogen and oxygen atoms in total. The zero-order valence-electron chi connectivity index (χ0n) is 13.6. The highest BCUT2D eigenvalue weighted by atomic mass is 16.5. The highest BCUT2D eigenvalue weighted by Crippen LogP contribution is 2.26. The number of rotatable bonds is 5. The third kappa shape index (κ3) is 4.17. The van der Waals surface area contributed by atoms with E-state index in [-0.39, 0.29) is 0 Å². The first-order valence-corrected chi connectivity index (χ1v) is 8.42. The van der Waals surface area contributed by atoms with Crippen LogP contribution in [0.4, 0.5) is 0 Å². The van der Waals surface area contributed by atoms with Gasteiger partial charge in [-0.15, -0.1) is 0 Å². The van der Waals surface area contributed by atoms with Gasteiger partial charge < -0.3 is 15.4 Å². The number of ether oxygens (including phenoxy) is 1. The summed E-state index contributed by atoms with van der Waals surface area (Å²) in [6.07, 6.45) is 2.90. The maximum atomic E-state index is 5.98. The van der Waals surface area contributed by atoms with Gasteiger partial charge >= 0.3 is 0 Å². The van der Waals surface area contributed by atoms with Crippen molar-refractivity contribution in [3.63, 3.8) is 0 Å². The molecule has 0 amide bonds. The zero-order valence-corrected chi connectivity index (χ0v) is 13.6. The Kier molecular flexibility index (Phi) is 6.27. The minimum atomic E-state index is 0.387. The summed E-state index contributed by atoms with van der Waals surface area (Å²) < 4.78 is 5.98. The van der Waals surface area contributed by atoms with Crippen LogP contribution >= 0.6 is 0 Å². The van der Waals surface area contributed by atoms with Crippen LogP contribution in [0.2, 0.25) is 0 Å². The molecular weight excluding hydrogens is 250 g/mol. The zero-order chi connectivity index (χ0) is 14.5. The lowest BCUT2D eigenvalue weighted by Gasteiger charge is -2.42. The third-order valence-corrected chi connectivity index (χ3v) is 5.16. The lowest BCUT2D eigenvalue weighted by atomic mass is 9.83. The van der Waals surface area contributed by atoms with Crippen molar-refractivity contribution >= 4 is 0 Å². The number of piperidine rings is 1. The number of nitrogens with zero attached hydrogens (tertiary/aromatic N) is 2. The predicted octanol–water partition coefficient (Wildman–Crippen LogP) is 1.40. The summed E-state index contributed by atoms with van der Waals surface area (Å²) in [5.74, 6) is 1.51. The average molecular weight is 283 g/mol. The molecular formula is C16H33N3O. The number of hydrogen-bond donors (Lipinski definition) is 1. The Morgan fingerprint density at radius 3 is 2.65 bits per heavy atom. The molecule has 118 valence electrons. The van der Waals surface area contributed by atoms with Crippen LogP contribution in [0.3, 0.4) is 0 Å². The highest BCUT2D eigenvalue weighted by molar-refractivity contribution is 4.83. The fourth-order valence-electron chi connectivity index (χ4n) is 3.70. The number of likely N-dealkylation sites (tertiary alicyclic amines) is 1. The molecule has 2 fully saturated rings. The van der Waals surface area contributed by atoms with Gasteiger partial charge in [-0.1, -0.05) is 13.3 Å². The van der Waals surface area contributed by atoms with Gasteiger partial charge in [0.15, 0.2) is 0 Å². The lowest BCUT2D eigenvalue weighted by molar-refractivity contribution is -0.0584. The standard InChI is InChI=1S/C16H33N3O/c1-4-14-10-18(6-5-15(14)9-17)11-16-12-19(13(2)3)7-8-20-16/h13-16H,4-12,17H2,1-3H3. The molecule has 0 aliphatic carbocycles. The van der Waals surface area contributed by atoms with Crippen LogP contribution in [0, 0.1) is 11.8 Å². The minimum Gasteiger partial charge on any atom is -0.374 e. The molecule has 3 atom stereocenters. The Labute approximate surface area is 124 Å². The number of morpholine rings is 1. The molecule has 3 unspecified atom stereocenters. The molecule has 0 aromatic rings. The van der Waals surface area contributed by atoms with Crippen molar-refractivity contribution in [2.75, 3.05) is 45.9 Å². The summed E-state index contributed by atoms with van der Waals surface area (Å²) >= 11 is 0. The largest absolute Gasteiger partial charge is 0.374 e. The predicted molar refractivity (Wildman–Crippen MR) is 83.8 cm³/mol. The summed E-state index contributed by atoms with van der Waals surface area (Å²) in [4.78, 5) is 5.15. The molecule has 2 saturated heterocycles. The van der Waals surface area contributed by atoms with Crippen molar-refractivity contribution in [1.29, 1.82) is 0 Å². The first kappa shape index (κ1) is 16.2. The van der Waals surface area contributed by atoms with Crippen LogP contribution in [-0.2, 0) is 4.74 Å². The summed E-state index contributed by atoms with van der Waals surface area (Å²) in [7, 11) is 0. The molecule has 0 radical (unpaired) electrons. The fourth-order valence-corrected chi connectivity index (χ4v) is 3.70. The van der Waals surface area contributed by atoms with E-state index in [4.69, 9.17) is 10.5 Å². The van der Waals surface area contributed by atoms with Crippen LogP contribution < -0.4 is 5.73 Å².